The average Bonchev–Trinajstić information content (AvgIpc) is 2.81. The summed E-state index contributed by atoms with van der Waals surface area (Å²) in [5.41, 5.74) is 1.95. The number of nitrogens with zero attached hydrogens (tertiary/aromatic N) is 1. The van der Waals surface area contributed by atoms with Gasteiger partial charge >= 0.3 is 0 Å². The van der Waals surface area contributed by atoms with Gasteiger partial charge in [-0.15, -0.1) is 0 Å². The molecule has 0 spiro atoms. The van der Waals surface area contributed by atoms with E-state index in [2.05, 4.69) is 49.5 Å². The highest BCUT2D eigenvalue weighted by atomic mass is 32.2. The quantitative estimate of drug-likeness (QED) is 0.910. The Morgan fingerprint density at radius 2 is 2.05 bits per heavy atom. The van der Waals surface area contributed by atoms with E-state index in [9.17, 15) is 0 Å². The molecule has 2 unspecified atom stereocenters. The van der Waals surface area contributed by atoms with Gasteiger partial charge in [0.1, 0.15) is 0 Å². The van der Waals surface area contributed by atoms with Crippen molar-refractivity contribution in [2.75, 3.05) is 12.3 Å². The second kappa shape index (κ2) is 5.20. The van der Waals surface area contributed by atoms with Crippen LogP contribution in [0.15, 0.2) is 35.3 Å². The molecular weight excluding hydrogens is 252 g/mol. The van der Waals surface area contributed by atoms with Crippen molar-refractivity contribution in [3.8, 4) is 0 Å². The van der Waals surface area contributed by atoms with Crippen molar-refractivity contribution >= 4 is 16.9 Å². The molecule has 2 fully saturated rings. The molecule has 1 saturated carbocycles. The summed E-state index contributed by atoms with van der Waals surface area (Å²) in [4.78, 5) is 4.74. The summed E-state index contributed by atoms with van der Waals surface area (Å²) in [6, 6.07) is 11.2. The zero-order valence-corrected chi connectivity index (χ0v) is 12.5. The van der Waals surface area contributed by atoms with Crippen LogP contribution in [0.5, 0.6) is 0 Å². The van der Waals surface area contributed by atoms with Gasteiger partial charge in [-0.2, -0.15) is 0 Å². The van der Waals surface area contributed by atoms with Gasteiger partial charge in [0.05, 0.1) is 0 Å². The molecule has 19 heavy (non-hydrogen) atoms. The summed E-state index contributed by atoms with van der Waals surface area (Å²) in [6.45, 7) is 5.68. The van der Waals surface area contributed by atoms with Crippen LogP contribution < -0.4 is 5.32 Å². The highest BCUT2D eigenvalue weighted by molar-refractivity contribution is 8.14. The molecule has 0 amide bonds. The Hall–Kier alpha value is -0.960. The number of benzene rings is 1. The summed E-state index contributed by atoms with van der Waals surface area (Å²) in [5, 5.41) is 4.72. The van der Waals surface area contributed by atoms with E-state index in [4.69, 9.17) is 4.99 Å². The van der Waals surface area contributed by atoms with Crippen molar-refractivity contribution in [3.05, 3.63) is 35.9 Å². The maximum absolute atomic E-state index is 4.74. The first kappa shape index (κ1) is 13.0. The van der Waals surface area contributed by atoms with Crippen LogP contribution in [0.2, 0.25) is 0 Å². The largest absolute Gasteiger partial charge is 0.361 e. The van der Waals surface area contributed by atoms with Gasteiger partial charge in [0, 0.05) is 18.3 Å². The molecular formula is C16H22N2S. The second-order valence-electron chi connectivity index (χ2n) is 6.38. The zero-order valence-electron chi connectivity index (χ0n) is 11.7. The number of amidine groups is 1. The normalized spacial score (nSPS) is 30.3. The van der Waals surface area contributed by atoms with E-state index >= 15 is 0 Å². The van der Waals surface area contributed by atoms with Gasteiger partial charge in [0.2, 0.25) is 0 Å². The molecule has 3 rings (SSSR count). The molecule has 102 valence electrons. The van der Waals surface area contributed by atoms with Crippen LogP contribution >= 0.6 is 11.8 Å². The lowest BCUT2D eigenvalue weighted by molar-refractivity contribution is 0.565. The fourth-order valence-electron chi connectivity index (χ4n) is 2.62. The molecule has 3 heteroatoms. The Bertz CT molecular complexity index is 467. The molecule has 0 radical (unpaired) electrons. The number of hydrogen-bond acceptors (Lipinski definition) is 2. The topological polar surface area (TPSA) is 24.4 Å². The molecule has 1 aromatic rings. The minimum atomic E-state index is 0.538. The van der Waals surface area contributed by atoms with Crippen molar-refractivity contribution in [2.24, 2.45) is 16.3 Å². The van der Waals surface area contributed by atoms with Gasteiger partial charge in [-0.25, -0.2) is 0 Å². The van der Waals surface area contributed by atoms with Crippen LogP contribution in [0, 0.1) is 11.3 Å². The Kier molecular flexibility index (Phi) is 3.57. The minimum absolute atomic E-state index is 0.538. The molecule has 1 aliphatic carbocycles. The minimum Gasteiger partial charge on any atom is -0.361 e. The first-order valence-corrected chi connectivity index (χ1v) is 8.10. The van der Waals surface area contributed by atoms with E-state index in [-0.39, 0.29) is 0 Å². The smallest absolute Gasteiger partial charge is 0.156 e. The predicted octanol–water partition coefficient (Wildman–Crippen LogP) is 3.34. The third-order valence-corrected chi connectivity index (χ3v) is 5.34. The molecule has 1 heterocycles. The monoisotopic (exact) mass is 274 g/mol. The highest BCUT2D eigenvalue weighted by Crippen LogP contribution is 2.51. The van der Waals surface area contributed by atoms with Crippen LogP contribution in [0.3, 0.4) is 0 Å². The summed E-state index contributed by atoms with van der Waals surface area (Å²) in [6.07, 6.45) is 2.43. The SMILES string of the molecule is CC1(C)CC1CN=C1NC(Cc2ccccc2)CS1. The Morgan fingerprint density at radius 1 is 1.32 bits per heavy atom. The molecule has 1 aromatic carbocycles. The lowest BCUT2D eigenvalue weighted by Crippen LogP contribution is -2.29. The van der Waals surface area contributed by atoms with Crippen LogP contribution in [-0.2, 0) is 6.42 Å². The fraction of sp³-hybridized carbons (Fsp3) is 0.562. The molecule has 0 aromatic heterocycles. The first-order chi connectivity index (χ1) is 9.13. The Morgan fingerprint density at radius 3 is 2.74 bits per heavy atom. The number of thioether (sulfide) groups is 1. The number of aliphatic imine (C=N–C) groups is 1. The van der Waals surface area contributed by atoms with E-state index in [0.717, 1.165) is 29.8 Å². The molecule has 2 aliphatic rings. The highest BCUT2D eigenvalue weighted by Gasteiger charge is 2.45. The van der Waals surface area contributed by atoms with Gasteiger partial charge < -0.3 is 5.32 Å². The molecule has 1 saturated heterocycles. The van der Waals surface area contributed by atoms with E-state index < -0.39 is 0 Å². The molecule has 1 aliphatic heterocycles. The van der Waals surface area contributed by atoms with Crippen molar-refractivity contribution in [1.82, 2.24) is 5.32 Å². The van der Waals surface area contributed by atoms with E-state index in [1.807, 2.05) is 11.8 Å². The number of rotatable bonds is 4. The van der Waals surface area contributed by atoms with Crippen molar-refractivity contribution in [3.63, 3.8) is 0 Å². The molecule has 2 atom stereocenters. The number of hydrogen-bond donors (Lipinski definition) is 1. The van der Waals surface area contributed by atoms with Gasteiger partial charge in [-0.1, -0.05) is 55.9 Å². The summed E-state index contributed by atoms with van der Waals surface area (Å²) in [5.74, 6) is 1.94. The van der Waals surface area contributed by atoms with Crippen LogP contribution in [0.25, 0.3) is 0 Å². The summed E-state index contributed by atoms with van der Waals surface area (Å²) < 4.78 is 0. The fourth-order valence-corrected chi connectivity index (χ4v) is 3.59. The predicted molar refractivity (Wildman–Crippen MR) is 83.7 cm³/mol. The van der Waals surface area contributed by atoms with Crippen LogP contribution in [0.4, 0.5) is 0 Å². The zero-order chi connectivity index (χ0) is 13.3. The van der Waals surface area contributed by atoms with Crippen molar-refractivity contribution < 1.29 is 0 Å². The van der Waals surface area contributed by atoms with E-state index in [1.54, 1.807) is 0 Å². The Balaban J connectivity index is 1.49. The van der Waals surface area contributed by atoms with E-state index in [0.29, 0.717) is 11.5 Å². The molecule has 2 nitrogen and oxygen atoms in total. The van der Waals surface area contributed by atoms with Crippen LogP contribution in [-0.4, -0.2) is 23.5 Å². The lowest BCUT2D eigenvalue weighted by atomic mass is 10.1. The maximum atomic E-state index is 4.74. The second-order valence-corrected chi connectivity index (χ2v) is 7.39. The van der Waals surface area contributed by atoms with Crippen molar-refractivity contribution in [2.45, 2.75) is 32.7 Å². The van der Waals surface area contributed by atoms with Crippen molar-refractivity contribution in [1.29, 1.82) is 0 Å². The average molecular weight is 274 g/mol. The van der Waals surface area contributed by atoms with Gasteiger partial charge in [0.25, 0.3) is 0 Å². The van der Waals surface area contributed by atoms with Gasteiger partial charge in [-0.05, 0) is 29.7 Å². The first-order valence-electron chi connectivity index (χ1n) is 7.11. The van der Waals surface area contributed by atoms with Gasteiger partial charge in [0.15, 0.2) is 5.17 Å². The molecule has 0 bridgehead atoms. The summed E-state index contributed by atoms with van der Waals surface area (Å²) in [7, 11) is 0. The summed E-state index contributed by atoms with van der Waals surface area (Å²) >= 11 is 1.88. The lowest BCUT2D eigenvalue weighted by Gasteiger charge is -2.09. The van der Waals surface area contributed by atoms with Crippen LogP contribution in [0.1, 0.15) is 25.8 Å². The third-order valence-electron chi connectivity index (χ3n) is 4.25. The van der Waals surface area contributed by atoms with E-state index in [1.165, 1.54) is 12.0 Å². The maximum Gasteiger partial charge on any atom is 0.156 e. The third kappa shape index (κ3) is 3.33. The molecule has 1 N–H and O–H groups in total. The van der Waals surface area contributed by atoms with Gasteiger partial charge in [-0.3, -0.25) is 4.99 Å². The standard InChI is InChI=1S/C16H22N2S/c1-16(2)9-13(16)10-17-15-18-14(11-19-15)8-12-6-4-3-5-7-12/h3-7,13-14H,8-11H2,1-2H3,(H,17,18). The number of nitrogens with one attached hydrogen (secondary N) is 1. The Labute approximate surface area is 120 Å².